The van der Waals surface area contributed by atoms with Crippen molar-refractivity contribution >= 4 is 21.6 Å². The zero-order chi connectivity index (χ0) is 13.2. The zero-order valence-corrected chi connectivity index (χ0v) is 12.1. The number of para-hydroxylation sites is 1. The summed E-state index contributed by atoms with van der Waals surface area (Å²) in [6.45, 7) is 2.21. The summed E-state index contributed by atoms with van der Waals surface area (Å²) in [6.07, 6.45) is 4.67. The number of benzene rings is 1. The molecule has 1 atom stereocenters. The van der Waals surface area contributed by atoms with Crippen molar-refractivity contribution in [3.05, 3.63) is 29.3 Å². The number of aromatic nitrogens is 1. The number of rotatable bonds is 3. The average molecular weight is 275 g/mol. The molecule has 0 amide bonds. The zero-order valence-electron chi connectivity index (χ0n) is 11.3. The van der Waals surface area contributed by atoms with Gasteiger partial charge in [0.25, 0.3) is 0 Å². The molecule has 0 radical (unpaired) electrons. The van der Waals surface area contributed by atoms with E-state index >= 15 is 0 Å². The van der Waals surface area contributed by atoms with Crippen LogP contribution in [0, 0.1) is 0 Å². The first kappa shape index (κ1) is 13.0. The fraction of sp³-hybridized carbons (Fsp3) is 0.533. The third-order valence-electron chi connectivity index (χ3n) is 3.94. The standard InChI is InChI=1S/C15H21N3S/c1-10(17-12-8-6-11(16)7-9-12)15-18-13-4-2-3-5-14(13)19-15/h2-5,10-12,17H,6-9,16H2,1H3. The SMILES string of the molecule is CC(NC1CCC(N)CC1)c1nc2ccccc2s1. The van der Waals surface area contributed by atoms with Crippen molar-refractivity contribution in [2.75, 3.05) is 0 Å². The van der Waals surface area contributed by atoms with E-state index in [2.05, 4.69) is 30.4 Å². The molecule has 3 nitrogen and oxygen atoms in total. The Morgan fingerprint density at radius 2 is 2.00 bits per heavy atom. The molecule has 1 aliphatic carbocycles. The molecule has 3 rings (SSSR count). The molecule has 102 valence electrons. The highest BCUT2D eigenvalue weighted by molar-refractivity contribution is 7.18. The normalized spacial score (nSPS) is 25.6. The lowest BCUT2D eigenvalue weighted by Gasteiger charge is -2.28. The van der Waals surface area contributed by atoms with Crippen LogP contribution in [0.4, 0.5) is 0 Å². The summed E-state index contributed by atoms with van der Waals surface area (Å²) in [4.78, 5) is 4.72. The Balaban J connectivity index is 1.68. The largest absolute Gasteiger partial charge is 0.328 e. The molecular weight excluding hydrogens is 254 g/mol. The van der Waals surface area contributed by atoms with E-state index in [1.165, 1.54) is 22.5 Å². The van der Waals surface area contributed by atoms with E-state index < -0.39 is 0 Å². The second-order valence-electron chi connectivity index (χ2n) is 5.52. The van der Waals surface area contributed by atoms with Gasteiger partial charge in [-0.2, -0.15) is 0 Å². The molecule has 4 heteroatoms. The minimum Gasteiger partial charge on any atom is -0.328 e. The number of hydrogen-bond donors (Lipinski definition) is 2. The van der Waals surface area contributed by atoms with Gasteiger partial charge in [0.2, 0.25) is 0 Å². The summed E-state index contributed by atoms with van der Waals surface area (Å²) in [6, 6.07) is 9.69. The van der Waals surface area contributed by atoms with Crippen molar-refractivity contribution in [1.29, 1.82) is 0 Å². The van der Waals surface area contributed by atoms with Crippen LogP contribution in [0.3, 0.4) is 0 Å². The first-order chi connectivity index (χ1) is 9.22. The molecular formula is C15H21N3S. The molecule has 1 fully saturated rings. The monoisotopic (exact) mass is 275 g/mol. The Hall–Kier alpha value is -0.970. The smallest absolute Gasteiger partial charge is 0.111 e. The first-order valence-corrected chi connectivity index (χ1v) is 7.91. The van der Waals surface area contributed by atoms with Crippen LogP contribution in [0.15, 0.2) is 24.3 Å². The lowest BCUT2D eigenvalue weighted by atomic mass is 9.91. The van der Waals surface area contributed by atoms with E-state index in [0.29, 0.717) is 18.1 Å². The van der Waals surface area contributed by atoms with Crippen LogP contribution in [0.25, 0.3) is 10.2 Å². The third-order valence-corrected chi connectivity index (χ3v) is 5.16. The number of thiazole rings is 1. The lowest BCUT2D eigenvalue weighted by molar-refractivity contribution is 0.322. The highest BCUT2D eigenvalue weighted by Gasteiger charge is 2.21. The Morgan fingerprint density at radius 1 is 1.26 bits per heavy atom. The highest BCUT2D eigenvalue weighted by Crippen LogP contribution is 2.27. The maximum absolute atomic E-state index is 5.95. The van der Waals surface area contributed by atoms with E-state index in [-0.39, 0.29) is 0 Å². The molecule has 0 spiro atoms. The van der Waals surface area contributed by atoms with Gasteiger partial charge in [0.15, 0.2) is 0 Å². The van der Waals surface area contributed by atoms with Gasteiger partial charge in [0.05, 0.1) is 16.3 Å². The van der Waals surface area contributed by atoms with Gasteiger partial charge >= 0.3 is 0 Å². The van der Waals surface area contributed by atoms with Gasteiger partial charge in [0, 0.05) is 12.1 Å². The third kappa shape index (κ3) is 2.96. The van der Waals surface area contributed by atoms with Crippen LogP contribution in [0.2, 0.25) is 0 Å². The van der Waals surface area contributed by atoms with Crippen LogP contribution in [0.5, 0.6) is 0 Å². The van der Waals surface area contributed by atoms with Gasteiger partial charge in [-0.05, 0) is 44.7 Å². The fourth-order valence-electron chi connectivity index (χ4n) is 2.79. The summed E-state index contributed by atoms with van der Waals surface area (Å²) < 4.78 is 1.27. The molecule has 0 saturated heterocycles. The van der Waals surface area contributed by atoms with Crippen molar-refractivity contribution in [2.45, 2.75) is 50.7 Å². The summed E-state index contributed by atoms with van der Waals surface area (Å²) in [7, 11) is 0. The van der Waals surface area contributed by atoms with E-state index in [9.17, 15) is 0 Å². The van der Waals surface area contributed by atoms with Crippen LogP contribution in [-0.2, 0) is 0 Å². The van der Waals surface area contributed by atoms with E-state index in [1.54, 1.807) is 11.3 Å². The molecule has 1 aromatic heterocycles. The van der Waals surface area contributed by atoms with Crippen molar-refractivity contribution in [1.82, 2.24) is 10.3 Å². The Labute approximate surface area is 118 Å². The summed E-state index contributed by atoms with van der Waals surface area (Å²) in [5.41, 5.74) is 7.06. The van der Waals surface area contributed by atoms with Crippen molar-refractivity contribution in [3.63, 3.8) is 0 Å². The predicted octanol–water partition coefficient (Wildman–Crippen LogP) is 3.22. The highest BCUT2D eigenvalue weighted by atomic mass is 32.1. The molecule has 1 aromatic carbocycles. The fourth-order valence-corrected chi connectivity index (χ4v) is 3.76. The number of nitrogens with zero attached hydrogens (tertiary/aromatic N) is 1. The molecule has 1 aliphatic rings. The Kier molecular flexibility index (Phi) is 3.82. The number of fused-ring (bicyclic) bond motifs is 1. The first-order valence-electron chi connectivity index (χ1n) is 7.09. The van der Waals surface area contributed by atoms with Gasteiger partial charge < -0.3 is 11.1 Å². The minimum atomic E-state index is 0.330. The van der Waals surface area contributed by atoms with Gasteiger partial charge in [-0.15, -0.1) is 11.3 Å². The maximum Gasteiger partial charge on any atom is 0.111 e. The number of hydrogen-bond acceptors (Lipinski definition) is 4. The average Bonchev–Trinajstić information content (AvgIpc) is 2.85. The predicted molar refractivity (Wildman–Crippen MR) is 81.4 cm³/mol. The topological polar surface area (TPSA) is 50.9 Å². The van der Waals surface area contributed by atoms with Crippen molar-refractivity contribution in [2.24, 2.45) is 5.73 Å². The van der Waals surface area contributed by atoms with Gasteiger partial charge in [-0.1, -0.05) is 12.1 Å². The van der Waals surface area contributed by atoms with Gasteiger partial charge in [-0.25, -0.2) is 4.98 Å². The maximum atomic E-state index is 5.95. The van der Waals surface area contributed by atoms with Gasteiger partial charge in [0.1, 0.15) is 5.01 Å². The van der Waals surface area contributed by atoms with Gasteiger partial charge in [-0.3, -0.25) is 0 Å². The summed E-state index contributed by atoms with van der Waals surface area (Å²) in [5.74, 6) is 0. The van der Waals surface area contributed by atoms with Crippen molar-refractivity contribution < 1.29 is 0 Å². The molecule has 0 aliphatic heterocycles. The second-order valence-corrected chi connectivity index (χ2v) is 6.58. The van der Waals surface area contributed by atoms with Crippen LogP contribution in [0.1, 0.15) is 43.7 Å². The van der Waals surface area contributed by atoms with Crippen LogP contribution in [-0.4, -0.2) is 17.1 Å². The van der Waals surface area contributed by atoms with Crippen LogP contribution < -0.4 is 11.1 Å². The van der Waals surface area contributed by atoms with E-state index in [1.807, 2.05) is 6.07 Å². The molecule has 1 unspecified atom stereocenters. The minimum absolute atomic E-state index is 0.330. The molecule has 0 bridgehead atoms. The molecule has 19 heavy (non-hydrogen) atoms. The molecule has 2 aromatic rings. The quantitative estimate of drug-likeness (QED) is 0.904. The lowest BCUT2D eigenvalue weighted by Crippen LogP contribution is -2.38. The molecule has 1 heterocycles. The van der Waals surface area contributed by atoms with Crippen molar-refractivity contribution in [3.8, 4) is 0 Å². The molecule has 3 N–H and O–H groups in total. The number of nitrogens with one attached hydrogen (secondary N) is 1. The summed E-state index contributed by atoms with van der Waals surface area (Å²) in [5, 5.41) is 4.90. The summed E-state index contributed by atoms with van der Waals surface area (Å²) >= 11 is 1.80. The Bertz CT molecular complexity index is 510. The Morgan fingerprint density at radius 3 is 2.74 bits per heavy atom. The van der Waals surface area contributed by atoms with Crippen LogP contribution >= 0.6 is 11.3 Å². The molecule has 1 saturated carbocycles. The number of nitrogens with two attached hydrogens (primary N) is 1. The second kappa shape index (κ2) is 5.57. The van der Waals surface area contributed by atoms with E-state index in [4.69, 9.17) is 10.7 Å². The van der Waals surface area contributed by atoms with E-state index in [0.717, 1.165) is 18.4 Å².